The molecule has 0 aliphatic carbocycles. The van der Waals surface area contributed by atoms with Gasteiger partial charge in [0.25, 0.3) is 5.91 Å². The molecule has 1 N–H and O–H groups in total. The summed E-state index contributed by atoms with van der Waals surface area (Å²) >= 11 is 0. The molecule has 0 radical (unpaired) electrons. The Morgan fingerprint density at radius 2 is 1.74 bits per heavy atom. The molecule has 6 heteroatoms. The van der Waals surface area contributed by atoms with Crippen LogP contribution in [-0.4, -0.2) is 12.5 Å². The van der Waals surface area contributed by atoms with Crippen molar-refractivity contribution in [3.05, 3.63) is 104 Å². The van der Waals surface area contributed by atoms with E-state index in [1.807, 2.05) is 75.4 Å². The molecule has 5 rings (SSSR count). The molecule has 172 valence electrons. The number of amides is 1. The summed E-state index contributed by atoms with van der Waals surface area (Å²) < 4.78 is 17.8. The van der Waals surface area contributed by atoms with E-state index in [0.29, 0.717) is 41.2 Å². The van der Waals surface area contributed by atoms with E-state index in [0.717, 1.165) is 22.3 Å². The highest BCUT2D eigenvalue weighted by Crippen LogP contribution is 2.36. The van der Waals surface area contributed by atoms with Crippen molar-refractivity contribution in [2.24, 2.45) is 0 Å². The molecule has 0 bridgehead atoms. The summed E-state index contributed by atoms with van der Waals surface area (Å²) in [6, 6.07) is 18.4. The van der Waals surface area contributed by atoms with Crippen LogP contribution in [0.2, 0.25) is 0 Å². The molecular weight excluding hydrogens is 430 g/mol. The van der Waals surface area contributed by atoms with E-state index in [4.69, 9.17) is 13.9 Å². The lowest BCUT2D eigenvalue weighted by Crippen LogP contribution is -2.22. The number of carbonyl (C=O) groups excluding carboxylic acids is 1. The fraction of sp³-hybridized carbons (Fsp3) is 0.214. The number of fused-ring (bicyclic) bond motifs is 2. The SMILES string of the molecule is CCOc1cc(C2NC(=O)c3oc4c(C)cc(C)cc4c(=O)c32)ccc1OCc1ccccc1. The third-order valence-electron chi connectivity index (χ3n) is 5.97. The van der Waals surface area contributed by atoms with Crippen molar-refractivity contribution in [3.8, 4) is 11.5 Å². The number of ether oxygens (including phenoxy) is 2. The Labute approximate surface area is 197 Å². The predicted octanol–water partition coefficient (Wildman–Crippen LogP) is 5.22. The zero-order chi connectivity index (χ0) is 23.8. The first-order valence-corrected chi connectivity index (χ1v) is 11.3. The molecule has 1 aliphatic rings. The summed E-state index contributed by atoms with van der Waals surface area (Å²) in [7, 11) is 0. The molecule has 0 saturated carbocycles. The molecule has 4 aromatic rings. The van der Waals surface area contributed by atoms with Gasteiger partial charge in [-0.15, -0.1) is 0 Å². The van der Waals surface area contributed by atoms with Crippen molar-refractivity contribution in [2.45, 2.75) is 33.4 Å². The molecule has 1 aromatic heterocycles. The quantitative estimate of drug-likeness (QED) is 0.431. The van der Waals surface area contributed by atoms with E-state index in [1.54, 1.807) is 6.07 Å². The topological polar surface area (TPSA) is 77.8 Å². The van der Waals surface area contributed by atoms with Crippen LogP contribution in [0.25, 0.3) is 11.0 Å². The maximum Gasteiger partial charge on any atom is 0.288 e. The van der Waals surface area contributed by atoms with Crippen molar-refractivity contribution in [2.75, 3.05) is 6.61 Å². The summed E-state index contributed by atoms with van der Waals surface area (Å²) in [6.07, 6.45) is 0. The van der Waals surface area contributed by atoms with Crippen LogP contribution in [0.1, 0.15) is 51.3 Å². The highest BCUT2D eigenvalue weighted by molar-refractivity contribution is 5.99. The van der Waals surface area contributed by atoms with Crippen molar-refractivity contribution >= 4 is 16.9 Å². The average Bonchev–Trinajstić information content (AvgIpc) is 3.16. The molecule has 6 nitrogen and oxygen atoms in total. The lowest BCUT2D eigenvalue weighted by Gasteiger charge is -2.17. The Balaban J connectivity index is 1.55. The van der Waals surface area contributed by atoms with Crippen molar-refractivity contribution in [1.82, 2.24) is 5.32 Å². The van der Waals surface area contributed by atoms with Crippen LogP contribution >= 0.6 is 0 Å². The molecule has 0 spiro atoms. The molecule has 34 heavy (non-hydrogen) atoms. The van der Waals surface area contributed by atoms with Crippen molar-refractivity contribution in [3.63, 3.8) is 0 Å². The second-order valence-corrected chi connectivity index (χ2v) is 8.45. The van der Waals surface area contributed by atoms with Crippen LogP contribution in [0.5, 0.6) is 11.5 Å². The summed E-state index contributed by atoms with van der Waals surface area (Å²) in [5.74, 6) is 0.810. The Morgan fingerprint density at radius 3 is 2.50 bits per heavy atom. The van der Waals surface area contributed by atoms with Gasteiger partial charge in [0.1, 0.15) is 12.2 Å². The van der Waals surface area contributed by atoms with Gasteiger partial charge in [-0.3, -0.25) is 9.59 Å². The first-order chi connectivity index (χ1) is 16.5. The van der Waals surface area contributed by atoms with Gasteiger partial charge in [-0.05, 0) is 61.2 Å². The summed E-state index contributed by atoms with van der Waals surface area (Å²) in [4.78, 5) is 26.2. The monoisotopic (exact) mass is 455 g/mol. The van der Waals surface area contributed by atoms with Gasteiger partial charge in [-0.25, -0.2) is 0 Å². The van der Waals surface area contributed by atoms with Crippen LogP contribution in [0.3, 0.4) is 0 Å². The molecule has 1 unspecified atom stereocenters. The third-order valence-corrected chi connectivity index (χ3v) is 5.97. The molecule has 0 saturated heterocycles. The Kier molecular flexibility index (Phi) is 5.57. The van der Waals surface area contributed by atoms with Gasteiger partial charge >= 0.3 is 0 Å². The standard InChI is InChI=1S/C28H25NO5/c1-4-32-22-14-19(10-11-21(22)33-15-18-8-6-5-7-9-18)24-23-25(30)20-13-16(2)12-17(3)26(20)34-27(23)28(31)29-24/h5-14,24H,4,15H2,1-3H3,(H,29,31). The van der Waals surface area contributed by atoms with E-state index in [2.05, 4.69) is 5.32 Å². The largest absolute Gasteiger partial charge is 0.490 e. The summed E-state index contributed by atoms with van der Waals surface area (Å²) in [5.41, 5.74) is 4.12. The second kappa shape index (κ2) is 8.71. The van der Waals surface area contributed by atoms with Gasteiger partial charge in [0.2, 0.25) is 5.76 Å². The highest BCUT2D eigenvalue weighted by Gasteiger charge is 2.36. The second-order valence-electron chi connectivity index (χ2n) is 8.45. The Hall–Kier alpha value is -4.06. The molecule has 0 fully saturated rings. The minimum absolute atomic E-state index is 0.0665. The fourth-order valence-corrected chi connectivity index (χ4v) is 4.44. The molecular formula is C28H25NO5. The van der Waals surface area contributed by atoms with E-state index in [1.165, 1.54) is 0 Å². The van der Waals surface area contributed by atoms with Crippen LogP contribution in [0, 0.1) is 13.8 Å². The zero-order valence-electron chi connectivity index (χ0n) is 19.3. The molecule has 1 amide bonds. The molecule has 1 atom stereocenters. The van der Waals surface area contributed by atoms with E-state index < -0.39 is 11.9 Å². The zero-order valence-corrected chi connectivity index (χ0v) is 19.3. The third kappa shape index (κ3) is 3.81. The average molecular weight is 456 g/mol. The van der Waals surface area contributed by atoms with Gasteiger partial charge in [0.05, 0.1) is 23.6 Å². The number of benzene rings is 3. The van der Waals surface area contributed by atoms with Crippen LogP contribution in [-0.2, 0) is 6.61 Å². The van der Waals surface area contributed by atoms with Gasteiger partial charge < -0.3 is 19.2 Å². The molecule has 1 aliphatic heterocycles. The van der Waals surface area contributed by atoms with Crippen molar-refractivity contribution in [1.29, 1.82) is 0 Å². The lowest BCUT2D eigenvalue weighted by molar-refractivity contribution is 0.0937. The Bertz CT molecular complexity index is 1460. The first kappa shape index (κ1) is 21.8. The van der Waals surface area contributed by atoms with E-state index in [9.17, 15) is 9.59 Å². The summed E-state index contributed by atoms with van der Waals surface area (Å²) in [6.45, 7) is 6.55. The van der Waals surface area contributed by atoms with Crippen LogP contribution < -0.4 is 20.2 Å². The highest BCUT2D eigenvalue weighted by atomic mass is 16.5. The van der Waals surface area contributed by atoms with E-state index in [-0.39, 0.29) is 11.2 Å². The lowest BCUT2D eigenvalue weighted by atomic mass is 9.97. The minimum atomic E-state index is -0.633. The fourth-order valence-electron chi connectivity index (χ4n) is 4.44. The van der Waals surface area contributed by atoms with Crippen LogP contribution in [0.15, 0.2) is 69.9 Å². The summed E-state index contributed by atoms with van der Waals surface area (Å²) in [5, 5.41) is 3.38. The predicted molar refractivity (Wildman–Crippen MR) is 130 cm³/mol. The number of nitrogens with one attached hydrogen (secondary N) is 1. The molecule has 3 aromatic carbocycles. The number of rotatable bonds is 6. The maximum atomic E-state index is 13.5. The normalized spacial score (nSPS) is 14.7. The number of hydrogen-bond acceptors (Lipinski definition) is 5. The smallest absolute Gasteiger partial charge is 0.288 e. The van der Waals surface area contributed by atoms with E-state index >= 15 is 0 Å². The minimum Gasteiger partial charge on any atom is -0.490 e. The maximum absolute atomic E-state index is 13.5. The number of carbonyl (C=O) groups is 1. The molecule has 2 heterocycles. The van der Waals surface area contributed by atoms with Gasteiger partial charge in [0.15, 0.2) is 16.9 Å². The first-order valence-electron chi connectivity index (χ1n) is 11.3. The van der Waals surface area contributed by atoms with Gasteiger partial charge in [-0.1, -0.05) is 42.5 Å². The Morgan fingerprint density at radius 1 is 0.941 bits per heavy atom. The number of aryl methyl sites for hydroxylation is 2. The van der Waals surface area contributed by atoms with Gasteiger partial charge in [0, 0.05) is 0 Å². The van der Waals surface area contributed by atoms with Crippen molar-refractivity contribution < 1.29 is 18.7 Å². The van der Waals surface area contributed by atoms with Crippen LogP contribution in [0.4, 0.5) is 0 Å². The van der Waals surface area contributed by atoms with Gasteiger partial charge in [-0.2, -0.15) is 0 Å². The number of hydrogen-bond donors (Lipinski definition) is 1.